The van der Waals surface area contributed by atoms with E-state index in [4.69, 9.17) is 18.0 Å². The molecule has 2 N–H and O–H groups in total. The Morgan fingerprint density at radius 1 is 1.47 bits per heavy atom. The van der Waals surface area contributed by atoms with Crippen LogP contribution in [0.5, 0.6) is 0 Å². The van der Waals surface area contributed by atoms with E-state index in [2.05, 4.69) is 9.88 Å². The summed E-state index contributed by atoms with van der Waals surface area (Å²) in [6, 6.07) is 4.76. The van der Waals surface area contributed by atoms with Crippen LogP contribution in [0.15, 0.2) is 24.5 Å². The lowest BCUT2D eigenvalue weighted by Gasteiger charge is -2.24. The van der Waals surface area contributed by atoms with Gasteiger partial charge in [-0.15, -0.1) is 0 Å². The van der Waals surface area contributed by atoms with Crippen molar-refractivity contribution in [2.75, 3.05) is 11.4 Å². The molecule has 15 heavy (non-hydrogen) atoms. The Morgan fingerprint density at radius 2 is 2.13 bits per heavy atom. The van der Waals surface area contributed by atoms with Crippen molar-refractivity contribution < 1.29 is 0 Å². The van der Waals surface area contributed by atoms with Gasteiger partial charge in [-0.25, -0.2) is 0 Å². The molecule has 1 aromatic heterocycles. The van der Waals surface area contributed by atoms with Crippen molar-refractivity contribution in [3.63, 3.8) is 0 Å². The average molecular weight is 221 g/mol. The number of anilines is 1. The Morgan fingerprint density at radius 3 is 2.67 bits per heavy atom. The number of pyridine rings is 1. The molecule has 0 radical (unpaired) electrons. The van der Waals surface area contributed by atoms with E-state index in [0.717, 1.165) is 13.0 Å². The van der Waals surface area contributed by atoms with E-state index in [1.54, 1.807) is 0 Å². The summed E-state index contributed by atoms with van der Waals surface area (Å²) >= 11 is 4.91. The van der Waals surface area contributed by atoms with Gasteiger partial charge in [0.1, 0.15) is 0 Å². The predicted octanol–water partition coefficient (Wildman–Crippen LogP) is 1.73. The summed E-state index contributed by atoms with van der Waals surface area (Å²) < 4.78 is 0. The minimum absolute atomic E-state index is 0.592. The lowest BCUT2D eigenvalue weighted by Crippen LogP contribution is -2.29. The van der Waals surface area contributed by atoms with Gasteiger partial charge in [-0.1, -0.05) is 12.2 Å². The molecule has 1 heterocycles. The Hall–Kier alpha value is -1.16. The largest absolute Gasteiger partial charge is 0.393 e. The third kappa shape index (κ3) is 2.89. The molecule has 1 aromatic rings. The van der Waals surface area contributed by atoms with Gasteiger partial charge in [0.25, 0.3) is 0 Å². The van der Waals surface area contributed by atoms with E-state index in [-0.39, 0.29) is 0 Å². The number of hydrogen-bond acceptors (Lipinski definition) is 3. The van der Waals surface area contributed by atoms with Crippen LogP contribution in [0.2, 0.25) is 0 Å². The molecule has 80 valence electrons. The van der Waals surface area contributed by atoms with Crippen molar-refractivity contribution in [1.82, 2.24) is 4.98 Å². The summed E-state index contributed by atoms with van der Waals surface area (Å²) in [6.45, 7) is 0.921. The summed E-state index contributed by atoms with van der Waals surface area (Å²) in [5, 5.41) is 0. The van der Waals surface area contributed by atoms with Crippen LogP contribution in [-0.4, -0.2) is 22.6 Å². The molecule has 0 bridgehead atoms. The van der Waals surface area contributed by atoms with Gasteiger partial charge in [0.15, 0.2) is 0 Å². The molecule has 0 unspecified atom stereocenters. The summed E-state index contributed by atoms with van der Waals surface area (Å²) in [7, 11) is 0. The normalized spacial score (nSPS) is 14.9. The smallest absolute Gasteiger partial charge is 0.0745 e. The molecule has 1 aliphatic carbocycles. The minimum Gasteiger partial charge on any atom is -0.393 e. The van der Waals surface area contributed by atoms with E-state index in [9.17, 15) is 0 Å². The van der Waals surface area contributed by atoms with E-state index in [1.165, 1.54) is 18.5 Å². The lowest BCUT2D eigenvalue weighted by atomic mass is 10.3. The number of nitrogens with two attached hydrogens (primary N) is 1. The van der Waals surface area contributed by atoms with Crippen molar-refractivity contribution in [3.05, 3.63) is 24.5 Å². The fourth-order valence-electron chi connectivity index (χ4n) is 1.67. The maximum Gasteiger partial charge on any atom is 0.0745 e. The molecule has 1 saturated carbocycles. The zero-order chi connectivity index (χ0) is 10.7. The van der Waals surface area contributed by atoms with Gasteiger partial charge in [0.2, 0.25) is 0 Å². The van der Waals surface area contributed by atoms with Crippen molar-refractivity contribution in [1.29, 1.82) is 0 Å². The SMILES string of the molecule is NC(=S)CCN(c1ccncc1)C1CC1. The topological polar surface area (TPSA) is 42.1 Å². The van der Waals surface area contributed by atoms with Crippen LogP contribution in [0.25, 0.3) is 0 Å². The number of thiocarbonyl (C=S) groups is 1. The standard InChI is InChI=1S/C11H15N3S/c12-11(15)5-8-14(9-1-2-9)10-3-6-13-7-4-10/h3-4,6-7,9H,1-2,5,8H2,(H2,12,15). The second-order valence-electron chi connectivity index (χ2n) is 3.85. The third-order valence-electron chi connectivity index (χ3n) is 2.58. The molecular formula is C11H15N3S. The molecule has 2 rings (SSSR count). The molecule has 0 spiro atoms. The highest BCUT2D eigenvalue weighted by atomic mass is 32.1. The predicted molar refractivity (Wildman–Crippen MR) is 66.0 cm³/mol. The van der Waals surface area contributed by atoms with E-state index >= 15 is 0 Å². The molecule has 0 saturated heterocycles. The monoisotopic (exact) mass is 221 g/mol. The fourth-order valence-corrected chi connectivity index (χ4v) is 1.77. The molecule has 0 aliphatic heterocycles. The first kappa shape index (κ1) is 10.4. The molecular weight excluding hydrogens is 206 g/mol. The van der Waals surface area contributed by atoms with Gasteiger partial charge in [-0.3, -0.25) is 4.98 Å². The molecule has 0 amide bonds. The zero-order valence-corrected chi connectivity index (χ0v) is 9.41. The minimum atomic E-state index is 0.592. The first-order valence-electron chi connectivity index (χ1n) is 5.22. The molecule has 1 fully saturated rings. The van der Waals surface area contributed by atoms with E-state index in [0.29, 0.717) is 11.0 Å². The number of nitrogens with zero attached hydrogens (tertiary/aromatic N) is 2. The van der Waals surface area contributed by atoms with E-state index < -0.39 is 0 Å². The van der Waals surface area contributed by atoms with Gasteiger partial charge < -0.3 is 10.6 Å². The van der Waals surface area contributed by atoms with Gasteiger partial charge in [0.05, 0.1) is 4.99 Å². The lowest BCUT2D eigenvalue weighted by molar-refractivity contribution is 0.800. The van der Waals surface area contributed by atoms with E-state index in [1.807, 2.05) is 24.5 Å². The van der Waals surface area contributed by atoms with Gasteiger partial charge in [-0.2, -0.15) is 0 Å². The highest BCUT2D eigenvalue weighted by Crippen LogP contribution is 2.31. The molecule has 0 aromatic carbocycles. The summed E-state index contributed by atoms with van der Waals surface area (Å²) in [5.74, 6) is 0. The molecule has 3 nitrogen and oxygen atoms in total. The van der Waals surface area contributed by atoms with Crippen LogP contribution in [0.4, 0.5) is 5.69 Å². The van der Waals surface area contributed by atoms with Crippen LogP contribution in [-0.2, 0) is 0 Å². The highest BCUT2D eigenvalue weighted by molar-refractivity contribution is 7.80. The second-order valence-corrected chi connectivity index (χ2v) is 4.37. The Kier molecular flexibility index (Phi) is 3.16. The van der Waals surface area contributed by atoms with Crippen LogP contribution < -0.4 is 10.6 Å². The first-order valence-corrected chi connectivity index (χ1v) is 5.63. The maximum absolute atomic E-state index is 5.53. The zero-order valence-electron chi connectivity index (χ0n) is 8.60. The number of aromatic nitrogens is 1. The molecule has 4 heteroatoms. The van der Waals surface area contributed by atoms with Crippen LogP contribution in [0.1, 0.15) is 19.3 Å². The van der Waals surface area contributed by atoms with Crippen LogP contribution in [0, 0.1) is 0 Å². The van der Waals surface area contributed by atoms with Crippen molar-refractivity contribution in [3.8, 4) is 0 Å². The maximum atomic E-state index is 5.53. The van der Waals surface area contributed by atoms with Gasteiger partial charge >= 0.3 is 0 Å². The Balaban J connectivity index is 2.03. The second kappa shape index (κ2) is 4.57. The Labute approximate surface area is 95.3 Å². The average Bonchev–Trinajstić information content (AvgIpc) is 3.03. The van der Waals surface area contributed by atoms with Gasteiger partial charge in [0, 0.05) is 37.1 Å². The number of hydrogen-bond donors (Lipinski definition) is 1. The molecule has 1 aliphatic rings. The van der Waals surface area contributed by atoms with Crippen LogP contribution >= 0.6 is 12.2 Å². The third-order valence-corrected chi connectivity index (χ3v) is 2.79. The van der Waals surface area contributed by atoms with Crippen molar-refractivity contribution in [2.45, 2.75) is 25.3 Å². The summed E-state index contributed by atoms with van der Waals surface area (Å²) in [5.41, 5.74) is 6.76. The van der Waals surface area contributed by atoms with Crippen LogP contribution in [0.3, 0.4) is 0 Å². The molecule has 0 atom stereocenters. The van der Waals surface area contributed by atoms with Crippen molar-refractivity contribution >= 4 is 22.9 Å². The fraction of sp³-hybridized carbons (Fsp3) is 0.455. The van der Waals surface area contributed by atoms with Gasteiger partial charge in [-0.05, 0) is 25.0 Å². The van der Waals surface area contributed by atoms with Crippen molar-refractivity contribution in [2.24, 2.45) is 5.73 Å². The summed E-state index contributed by atoms with van der Waals surface area (Å²) in [4.78, 5) is 6.99. The first-order chi connectivity index (χ1) is 7.27. The number of rotatable bonds is 5. The Bertz CT molecular complexity index is 335. The highest BCUT2D eigenvalue weighted by Gasteiger charge is 2.28. The quantitative estimate of drug-likeness (QED) is 0.769. The summed E-state index contributed by atoms with van der Waals surface area (Å²) in [6.07, 6.45) is 6.99.